The Labute approximate surface area is 70.4 Å². The lowest BCUT2D eigenvalue weighted by Gasteiger charge is -2.02. The summed E-state index contributed by atoms with van der Waals surface area (Å²) in [5.41, 5.74) is 6.08. The van der Waals surface area contributed by atoms with Crippen molar-refractivity contribution in [3.05, 3.63) is 23.5 Å². The molecule has 0 aromatic carbocycles. The zero-order valence-electron chi connectivity index (χ0n) is 7.00. The first-order chi connectivity index (χ1) is 5.65. The van der Waals surface area contributed by atoms with Crippen LogP contribution in [0.15, 0.2) is 12.3 Å². The van der Waals surface area contributed by atoms with Crippen molar-refractivity contribution in [1.29, 1.82) is 0 Å². The molecule has 4 heteroatoms. The number of carbonyl (C=O) groups excluding carboxylic acids is 1. The molecule has 0 atom stereocenters. The Balaban J connectivity index is 3.12. The highest BCUT2D eigenvalue weighted by atomic mass is 16.5. The monoisotopic (exact) mass is 166 g/mol. The quantitative estimate of drug-likeness (QED) is 0.695. The number of ether oxygens (including phenoxy) is 1. The van der Waals surface area contributed by atoms with Crippen LogP contribution in [0.2, 0.25) is 0 Å². The number of aryl methyl sites for hydroxylation is 1. The Bertz CT molecular complexity index is 310. The van der Waals surface area contributed by atoms with E-state index in [4.69, 9.17) is 10.5 Å². The molecule has 0 spiro atoms. The smallest absolute Gasteiger partial charge is 0.267 e. The summed E-state index contributed by atoms with van der Waals surface area (Å²) in [4.78, 5) is 14.6. The van der Waals surface area contributed by atoms with Crippen molar-refractivity contribution >= 4 is 5.91 Å². The van der Waals surface area contributed by atoms with Gasteiger partial charge in [-0.1, -0.05) is 0 Å². The number of carbonyl (C=O) groups is 1. The third-order valence-electron chi connectivity index (χ3n) is 1.52. The number of primary amides is 1. The van der Waals surface area contributed by atoms with E-state index in [1.807, 2.05) is 0 Å². The Hall–Kier alpha value is -1.58. The average molecular weight is 166 g/mol. The second-order valence-corrected chi connectivity index (χ2v) is 2.40. The molecule has 12 heavy (non-hydrogen) atoms. The largest absolute Gasteiger partial charge is 0.495 e. The first-order valence-corrected chi connectivity index (χ1v) is 3.45. The molecule has 0 radical (unpaired) electrons. The van der Waals surface area contributed by atoms with Gasteiger partial charge in [-0.25, -0.2) is 4.98 Å². The lowest BCUT2D eigenvalue weighted by Crippen LogP contribution is -2.14. The maximum atomic E-state index is 10.7. The van der Waals surface area contributed by atoms with Gasteiger partial charge in [0.15, 0.2) is 0 Å². The van der Waals surface area contributed by atoms with Crippen LogP contribution in [0.1, 0.15) is 16.1 Å². The van der Waals surface area contributed by atoms with Gasteiger partial charge in [0.25, 0.3) is 5.91 Å². The van der Waals surface area contributed by atoms with Crippen molar-refractivity contribution in [3.8, 4) is 5.75 Å². The van der Waals surface area contributed by atoms with Crippen LogP contribution in [0.5, 0.6) is 5.75 Å². The van der Waals surface area contributed by atoms with Gasteiger partial charge in [-0.2, -0.15) is 0 Å². The maximum absolute atomic E-state index is 10.7. The number of aromatic nitrogens is 1. The number of pyridine rings is 1. The molecule has 0 aliphatic heterocycles. The van der Waals surface area contributed by atoms with Crippen LogP contribution in [-0.2, 0) is 0 Å². The van der Waals surface area contributed by atoms with Gasteiger partial charge in [-0.3, -0.25) is 4.79 Å². The third kappa shape index (κ3) is 1.53. The first kappa shape index (κ1) is 8.52. The molecule has 1 aromatic heterocycles. The molecule has 1 amide bonds. The Morgan fingerprint density at radius 2 is 2.33 bits per heavy atom. The molecule has 1 heterocycles. The van der Waals surface area contributed by atoms with Gasteiger partial charge < -0.3 is 10.5 Å². The lowest BCUT2D eigenvalue weighted by atomic mass is 10.2. The fourth-order valence-electron chi connectivity index (χ4n) is 0.919. The van der Waals surface area contributed by atoms with E-state index < -0.39 is 5.91 Å². The summed E-state index contributed by atoms with van der Waals surface area (Å²) in [6.07, 6.45) is 1.47. The fraction of sp³-hybridized carbons (Fsp3) is 0.250. The number of amides is 1. The normalized spacial score (nSPS) is 9.50. The maximum Gasteiger partial charge on any atom is 0.267 e. The Kier molecular flexibility index (Phi) is 2.28. The summed E-state index contributed by atoms with van der Waals surface area (Å²) >= 11 is 0. The highest BCUT2D eigenvalue weighted by Crippen LogP contribution is 2.12. The molecule has 2 N–H and O–H groups in total. The van der Waals surface area contributed by atoms with E-state index in [0.717, 1.165) is 5.56 Å². The second kappa shape index (κ2) is 3.21. The van der Waals surface area contributed by atoms with Crippen LogP contribution in [0.3, 0.4) is 0 Å². The molecule has 0 unspecified atom stereocenters. The summed E-state index contributed by atoms with van der Waals surface area (Å²) < 4.78 is 4.92. The van der Waals surface area contributed by atoms with E-state index in [2.05, 4.69) is 4.98 Å². The molecule has 0 aliphatic rings. The van der Waals surface area contributed by atoms with E-state index in [0.29, 0.717) is 5.75 Å². The number of nitrogens with two attached hydrogens (primary N) is 1. The molecule has 0 fully saturated rings. The number of methoxy groups -OCH3 is 1. The summed E-state index contributed by atoms with van der Waals surface area (Å²) in [6, 6.07) is 1.72. The number of rotatable bonds is 2. The third-order valence-corrected chi connectivity index (χ3v) is 1.52. The van der Waals surface area contributed by atoms with Gasteiger partial charge in [0.2, 0.25) is 0 Å². The topological polar surface area (TPSA) is 65.2 Å². The molecule has 0 saturated carbocycles. The van der Waals surface area contributed by atoms with Crippen molar-refractivity contribution in [2.75, 3.05) is 7.11 Å². The predicted molar refractivity (Wildman–Crippen MR) is 44.0 cm³/mol. The average Bonchev–Trinajstić information content (AvgIpc) is 2.03. The van der Waals surface area contributed by atoms with Crippen molar-refractivity contribution in [3.63, 3.8) is 0 Å². The van der Waals surface area contributed by atoms with Crippen LogP contribution >= 0.6 is 0 Å². The summed E-state index contributed by atoms with van der Waals surface area (Å²) in [7, 11) is 1.54. The van der Waals surface area contributed by atoms with E-state index in [1.165, 1.54) is 6.20 Å². The minimum absolute atomic E-state index is 0.288. The molecule has 1 aromatic rings. The van der Waals surface area contributed by atoms with Crippen LogP contribution in [-0.4, -0.2) is 18.0 Å². The highest BCUT2D eigenvalue weighted by Gasteiger charge is 2.06. The van der Waals surface area contributed by atoms with E-state index in [-0.39, 0.29) is 5.69 Å². The summed E-state index contributed by atoms with van der Waals surface area (Å²) in [5, 5.41) is 0. The highest BCUT2D eigenvalue weighted by molar-refractivity contribution is 5.92. The van der Waals surface area contributed by atoms with Crippen LogP contribution in [0.25, 0.3) is 0 Å². The summed E-state index contributed by atoms with van der Waals surface area (Å²) in [6.45, 7) is 1.76. The zero-order valence-corrected chi connectivity index (χ0v) is 7.00. The summed E-state index contributed by atoms with van der Waals surface area (Å²) in [5.74, 6) is 0.104. The van der Waals surface area contributed by atoms with E-state index in [9.17, 15) is 4.79 Å². The minimum Gasteiger partial charge on any atom is -0.495 e. The van der Waals surface area contributed by atoms with Crippen molar-refractivity contribution < 1.29 is 9.53 Å². The second-order valence-electron chi connectivity index (χ2n) is 2.40. The lowest BCUT2D eigenvalue weighted by molar-refractivity contribution is 0.0995. The molecule has 64 valence electrons. The van der Waals surface area contributed by atoms with Crippen LogP contribution in [0, 0.1) is 6.92 Å². The van der Waals surface area contributed by atoms with Crippen LogP contribution < -0.4 is 10.5 Å². The molecular weight excluding hydrogens is 156 g/mol. The molecule has 0 bridgehead atoms. The minimum atomic E-state index is -0.518. The molecule has 1 rings (SSSR count). The SMILES string of the molecule is COc1cnc(C(N)=O)c(C)c1. The van der Waals surface area contributed by atoms with Gasteiger partial charge >= 0.3 is 0 Å². The molecule has 0 saturated heterocycles. The Morgan fingerprint density at radius 3 is 2.75 bits per heavy atom. The zero-order chi connectivity index (χ0) is 9.14. The fourth-order valence-corrected chi connectivity index (χ4v) is 0.919. The van der Waals surface area contributed by atoms with Gasteiger partial charge in [0, 0.05) is 0 Å². The standard InChI is InChI=1S/C8H10N2O2/c1-5-3-6(12-2)4-10-7(5)8(9)11/h3-4H,1-2H3,(H2,9,11). The first-order valence-electron chi connectivity index (χ1n) is 3.45. The van der Waals surface area contributed by atoms with Crippen molar-refractivity contribution in [2.24, 2.45) is 5.73 Å². The van der Waals surface area contributed by atoms with Gasteiger partial charge in [0.1, 0.15) is 11.4 Å². The molecular formula is C8H10N2O2. The van der Waals surface area contributed by atoms with Gasteiger partial charge in [0.05, 0.1) is 13.3 Å². The van der Waals surface area contributed by atoms with Crippen molar-refractivity contribution in [1.82, 2.24) is 4.98 Å². The van der Waals surface area contributed by atoms with E-state index in [1.54, 1.807) is 20.1 Å². The van der Waals surface area contributed by atoms with Gasteiger partial charge in [-0.15, -0.1) is 0 Å². The van der Waals surface area contributed by atoms with Gasteiger partial charge in [-0.05, 0) is 18.6 Å². The van der Waals surface area contributed by atoms with Crippen LogP contribution in [0.4, 0.5) is 0 Å². The number of nitrogens with zero attached hydrogens (tertiary/aromatic N) is 1. The van der Waals surface area contributed by atoms with Crippen molar-refractivity contribution in [2.45, 2.75) is 6.92 Å². The Morgan fingerprint density at radius 1 is 1.67 bits per heavy atom. The number of hydrogen-bond acceptors (Lipinski definition) is 3. The molecule has 0 aliphatic carbocycles. The molecule has 4 nitrogen and oxygen atoms in total. The van der Waals surface area contributed by atoms with E-state index >= 15 is 0 Å². The number of hydrogen-bond donors (Lipinski definition) is 1. The predicted octanol–water partition coefficient (Wildman–Crippen LogP) is 0.498.